The normalized spacial score (nSPS) is 17.1. The fraction of sp³-hybridized carbons (Fsp3) is 0.417. The molecule has 2 aromatic rings. The molecule has 1 fully saturated rings. The van der Waals surface area contributed by atoms with Crippen molar-refractivity contribution < 1.29 is 18.5 Å². The molecule has 0 aromatic heterocycles. The molecule has 1 aliphatic heterocycles. The van der Waals surface area contributed by atoms with Gasteiger partial charge >= 0.3 is 0 Å². The fourth-order valence-electron chi connectivity index (χ4n) is 3.91. The largest absolute Gasteiger partial charge is 0.611 e. The van der Waals surface area contributed by atoms with Gasteiger partial charge in [-0.1, -0.05) is 17.7 Å². The molecule has 0 aliphatic carbocycles. The highest BCUT2D eigenvalue weighted by Crippen LogP contribution is 2.23. The first-order valence-corrected chi connectivity index (χ1v) is 12.7. The molecule has 1 saturated heterocycles. The van der Waals surface area contributed by atoms with E-state index in [1.807, 2.05) is 6.92 Å². The first-order valence-electron chi connectivity index (χ1n) is 11.0. The van der Waals surface area contributed by atoms with Crippen molar-refractivity contribution in [2.45, 2.75) is 38.3 Å². The molecule has 3 rings (SSSR count). The summed E-state index contributed by atoms with van der Waals surface area (Å²) in [5.74, 6) is -0.0621. The highest BCUT2D eigenvalue weighted by Gasteiger charge is 2.23. The molecular formula is C24H29ClFN3O3S. The first-order chi connectivity index (χ1) is 15.8. The molecule has 0 saturated carbocycles. The number of amides is 2. The van der Waals surface area contributed by atoms with Crippen LogP contribution in [0.25, 0.3) is 0 Å². The number of nitrogens with one attached hydrogen (secondary N) is 2. The van der Waals surface area contributed by atoms with Crippen molar-refractivity contribution in [1.29, 1.82) is 0 Å². The Kier molecular flexibility index (Phi) is 9.14. The van der Waals surface area contributed by atoms with E-state index in [1.165, 1.54) is 13.0 Å². The Morgan fingerprint density at radius 1 is 1.21 bits per heavy atom. The van der Waals surface area contributed by atoms with Crippen LogP contribution in [0, 0.1) is 11.7 Å². The van der Waals surface area contributed by atoms with Crippen LogP contribution < -0.4 is 10.6 Å². The molecule has 1 aliphatic rings. The molecule has 1 heterocycles. The second kappa shape index (κ2) is 11.8. The third-order valence-electron chi connectivity index (χ3n) is 5.69. The number of carbonyl (C=O) groups is 2. The second-order valence-corrected chi connectivity index (χ2v) is 10.3. The van der Waals surface area contributed by atoms with Crippen molar-refractivity contribution in [3.63, 3.8) is 0 Å². The van der Waals surface area contributed by atoms with Gasteiger partial charge in [-0.25, -0.2) is 4.39 Å². The smallest absolute Gasteiger partial charge is 0.251 e. The minimum atomic E-state index is -1.18. The predicted molar refractivity (Wildman–Crippen MR) is 128 cm³/mol. The van der Waals surface area contributed by atoms with Crippen LogP contribution in [0.2, 0.25) is 5.02 Å². The Morgan fingerprint density at radius 3 is 2.70 bits per heavy atom. The van der Waals surface area contributed by atoms with E-state index in [2.05, 4.69) is 15.5 Å². The summed E-state index contributed by atoms with van der Waals surface area (Å²) >= 11 is 4.88. The molecule has 0 spiro atoms. The number of likely N-dealkylation sites (tertiary alicyclic amines) is 1. The van der Waals surface area contributed by atoms with Crippen LogP contribution in [0.1, 0.15) is 41.8 Å². The third kappa shape index (κ3) is 7.17. The lowest BCUT2D eigenvalue weighted by Gasteiger charge is -2.17. The van der Waals surface area contributed by atoms with Gasteiger partial charge in [-0.2, -0.15) is 0 Å². The second-order valence-electron chi connectivity index (χ2n) is 8.20. The van der Waals surface area contributed by atoms with Crippen LogP contribution in [0.4, 0.5) is 4.39 Å². The van der Waals surface area contributed by atoms with Gasteiger partial charge < -0.3 is 15.2 Å². The molecule has 0 bridgehead atoms. The predicted octanol–water partition coefficient (Wildman–Crippen LogP) is 3.49. The average molecular weight is 494 g/mol. The van der Waals surface area contributed by atoms with Gasteiger partial charge in [0.2, 0.25) is 5.91 Å². The summed E-state index contributed by atoms with van der Waals surface area (Å²) in [5.41, 5.74) is 1.43. The Morgan fingerprint density at radius 2 is 2.00 bits per heavy atom. The van der Waals surface area contributed by atoms with Gasteiger partial charge in [-0.3, -0.25) is 14.5 Å². The van der Waals surface area contributed by atoms with E-state index in [9.17, 15) is 18.5 Å². The van der Waals surface area contributed by atoms with E-state index in [1.54, 1.807) is 30.3 Å². The molecule has 9 heteroatoms. The lowest BCUT2D eigenvalue weighted by Crippen LogP contribution is -2.29. The molecule has 178 valence electrons. The van der Waals surface area contributed by atoms with E-state index in [0.29, 0.717) is 45.8 Å². The van der Waals surface area contributed by atoms with Crippen molar-refractivity contribution in [2.75, 3.05) is 25.4 Å². The van der Waals surface area contributed by atoms with E-state index in [-0.39, 0.29) is 18.0 Å². The molecule has 2 atom stereocenters. The van der Waals surface area contributed by atoms with Crippen molar-refractivity contribution in [3.8, 4) is 0 Å². The topological polar surface area (TPSA) is 84.5 Å². The van der Waals surface area contributed by atoms with Crippen LogP contribution in [-0.2, 0) is 29.1 Å². The van der Waals surface area contributed by atoms with Crippen molar-refractivity contribution in [1.82, 2.24) is 15.5 Å². The zero-order valence-corrected chi connectivity index (χ0v) is 20.4. The summed E-state index contributed by atoms with van der Waals surface area (Å²) in [4.78, 5) is 26.5. The number of hydrogen-bond acceptors (Lipinski definition) is 4. The van der Waals surface area contributed by atoms with Gasteiger partial charge in [-0.05, 0) is 67.3 Å². The third-order valence-corrected chi connectivity index (χ3v) is 7.34. The van der Waals surface area contributed by atoms with Gasteiger partial charge in [0.15, 0.2) is 4.90 Å². The van der Waals surface area contributed by atoms with Gasteiger partial charge in [-0.15, -0.1) is 0 Å². The van der Waals surface area contributed by atoms with Crippen molar-refractivity contribution in [2.24, 2.45) is 5.92 Å². The summed E-state index contributed by atoms with van der Waals surface area (Å²) in [6, 6.07) is 9.57. The number of carbonyl (C=O) groups excluding carboxylic acids is 2. The minimum Gasteiger partial charge on any atom is -0.611 e. The van der Waals surface area contributed by atoms with Crippen molar-refractivity contribution in [3.05, 3.63) is 63.9 Å². The van der Waals surface area contributed by atoms with Crippen LogP contribution >= 0.6 is 11.6 Å². The summed E-state index contributed by atoms with van der Waals surface area (Å²) in [7, 11) is 0. The quantitative estimate of drug-likeness (QED) is 0.524. The van der Waals surface area contributed by atoms with Crippen LogP contribution in [0.3, 0.4) is 0 Å². The van der Waals surface area contributed by atoms with E-state index < -0.39 is 22.9 Å². The monoisotopic (exact) mass is 493 g/mol. The Bertz CT molecular complexity index is 1010. The van der Waals surface area contributed by atoms with Crippen LogP contribution in [-0.4, -0.2) is 46.7 Å². The minimum absolute atomic E-state index is 0.0430. The van der Waals surface area contributed by atoms with Crippen LogP contribution in [0.15, 0.2) is 41.3 Å². The first kappa shape index (κ1) is 25.5. The highest BCUT2D eigenvalue weighted by molar-refractivity contribution is 7.91. The molecule has 2 amide bonds. The summed E-state index contributed by atoms with van der Waals surface area (Å²) in [6.07, 6.45) is 0.955. The maximum absolute atomic E-state index is 14.7. The Labute approximate surface area is 202 Å². The van der Waals surface area contributed by atoms with Gasteiger partial charge in [0.05, 0.1) is 0 Å². The molecule has 0 radical (unpaired) electrons. The van der Waals surface area contributed by atoms with Gasteiger partial charge in [0.1, 0.15) is 11.6 Å². The van der Waals surface area contributed by atoms with E-state index >= 15 is 0 Å². The number of halogens is 2. The molecular weight excluding hydrogens is 465 g/mol. The summed E-state index contributed by atoms with van der Waals surface area (Å²) in [6.45, 7) is 6.19. The fourth-order valence-corrected chi connectivity index (χ4v) is 5.06. The average Bonchev–Trinajstić information content (AvgIpc) is 3.24. The van der Waals surface area contributed by atoms with Gasteiger partial charge in [0.25, 0.3) is 5.91 Å². The van der Waals surface area contributed by atoms with E-state index in [0.717, 1.165) is 19.5 Å². The summed E-state index contributed by atoms with van der Waals surface area (Å²) < 4.78 is 27.0. The molecule has 6 nitrogen and oxygen atoms in total. The number of hydrogen-bond donors (Lipinski definition) is 2. The highest BCUT2D eigenvalue weighted by atomic mass is 35.5. The van der Waals surface area contributed by atoms with Crippen LogP contribution in [0.5, 0.6) is 0 Å². The number of nitrogens with zero attached hydrogens (tertiary/aromatic N) is 1. The number of benzene rings is 2. The van der Waals surface area contributed by atoms with Gasteiger partial charge in [0, 0.05) is 54.8 Å². The van der Waals surface area contributed by atoms with E-state index in [4.69, 9.17) is 11.6 Å². The molecule has 2 N–H and O–H groups in total. The maximum atomic E-state index is 14.7. The lowest BCUT2D eigenvalue weighted by molar-refractivity contribution is -0.119. The standard InChI is InChI=1S/C24H29ClFN3O3S/c1-3-33(32)23-7-6-21(25)10-20(23)13-28-24(31)18-4-5-19(22(26)11-18)15-29-9-8-17(14-29)12-27-16(2)30/h4-7,10-11,17H,3,8-9,12-15H2,1-2H3,(H,27,30)(H,28,31). The lowest BCUT2D eigenvalue weighted by atomic mass is 10.1. The SMILES string of the molecule is CC[S+]([O-])c1ccc(Cl)cc1CNC(=O)c1ccc(CN2CCC(CNC(C)=O)C2)c(F)c1. The molecule has 2 unspecified atom stereocenters. The Balaban J connectivity index is 1.58. The summed E-state index contributed by atoms with van der Waals surface area (Å²) in [5, 5.41) is 6.09. The molecule has 2 aromatic carbocycles. The zero-order chi connectivity index (χ0) is 24.0. The maximum Gasteiger partial charge on any atom is 0.251 e. The zero-order valence-electron chi connectivity index (χ0n) is 18.8. The number of rotatable bonds is 9. The van der Waals surface area contributed by atoms with Crippen molar-refractivity contribution >= 4 is 34.6 Å². The molecule has 33 heavy (non-hydrogen) atoms. The Hall–Kier alpha value is -2.13.